The fraction of sp³-hybridized carbons (Fsp3) is 0.295. The molecule has 12 nitrogen and oxygen atoms in total. The summed E-state index contributed by atoms with van der Waals surface area (Å²) in [6.45, 7) is 0.182. The molecule has 2 aliphatic carbocycles. The van der Waals surface area contributed by atoms with Crippen LogP contribution in [0.25, 0.3) is 0 Å². The van der Waals surface area contributed by atoms with Gasteiger partial charge in [-0.25, -0.2) is 0 Å². The van der Waals surface area contributed by atoms with Gasteiger partial charge in [0.05, 0.1) is 41.0 Å². The molecule has 4 aliphatic rings. The Bertz CT molecular complexity index is 2350. The lowest BCUT2D eigenvalue weighted by molar-refractivity contribution is -0.142. The number of rotatable bonds is 12. The highest BCUT2D eigenvalue weighted by atomic mass is 35.5. The third kappa shape index (κ3) is 6.54. The number of nitrogens with one attached hydrogen (secondary N) is 1. The highest BCUT2D eigenvalue weighted by Crippen LogP contribution is 2.65. The summed E-state index contributed by atoms with van der Waals surface area (Å²) in [5, 5.41) is 22.7. The van der Waals surface area contributed by atoms with Gasteiger partial charge in [-0.3, -0.25) is 34.3 Å². The van der Waals surface area contributed by atoms with Gasteiger partial charge in [-0.2, -0.15) is 5.01 Å². The van der Waals surface area contributed by atoms with Crippen molar-refractivity contribution in [3.05, 3.63) is 129 Å². The van der Waals surface area contributed by atoms with Crippen molar-refractivity contribution in [3.8, 4) is 17.2 Å². The number of ether oxygens (including phenoxy) is 2. The fourth-order valence-electron chi connectivity index (χ4n) is 9.46. The van der Waals surface area contributed by atoms with E-state index in [4.69, 9.17) is 32.7 Å². The van der Waals surface area contributed by atoms with Gasteiger partial charge in [0.25, 0.3) is 11.8 Å². The molecule has 4 amide bonds. The topological polar surface area (TPSA) is 163 Å². The zero-order valence-corrected chi connectivity index (χ0v) is 32.8. The number of methoxy groups -OCH3 is 1. The number of anilines is 1. The van der Waals surface area contributed by atoms with Gasteiger partial charge < -0.3 is 19.7 Å². The number of phenolic OH excluding ortho intramolecular Hbond substituents is 1. The lowest BCUT2D eigenvalue weighted by Gasteiger charge is -2.50. The number of aliphatic carboxylic acids is 1. The highest BCUT2D eigenvalue weighted by Gasteiger charge is 2.70. The van der Waals surface area contributed by atoms with Gasteiger partial charge in [0.2, 0.25) is 11.8 Å². The third-order valence-electron chi connectivity index (χ3n) is 12.0. The number of benzene rings is 4. The van der Waals surface area contributed by atoms with Crippen LogP contribution in [0.3, 0.4) is 0 Å². The number of fused-ring (bicyclic) bond motifs is 4. The van der Waals surface area contributed by atoms with E-state index in [1.807, 2.05) is 36.4 Å². The van der Waals surface area contributed by atoms with Crippen molar-refractivity contribution in [3.63, 3.8) is 0 Å². The van der Waals surface area contributed by atoms with Crippen LogP contribution in [0.2, 0.25) is 10.0 Å². The number of halogens is 2. The molecule has 14 heteroatoms. The molecule has 3 fully saturated rings. The van der Waals surface area contributed by atoms with Crippen molar-refractivity contribution < 1.29 is 43.7 Å². The summed E-state index contributed by atoms with van der Waals surface area (Å²) in [5.74, 6) is -6.80. The maximum absolute atomic E-state index is 15.5. The van der Waals surface area contributed by atoms with E-state index in [-0.39, 0.29) is 55.3 Å². The first-order valence-electron chi connectivity index (χ1n) is 18.9. The van der Waals surface area contributed by atoms with Gasteiger partial charge in [-0.05, 0) is 72.7 Å². The smallest absolute Gasteiger partial charge is 0.303 e. The number of nitrogens with zero attached hydrogens (tertiary/aromatic N) is 2. The maximum Gasteiger partial charge on any atom is 0.303 e. The van der Waals surface area contributed by atoms with Crippen molar-refractivity contribution in [2.45, 2.75) is 43.6 Å². The van der Waals surface area contributed by atoms with Crippen molar-refractivity contribution in [2.24, 2.45) is 23.7 Å². The predicted octanol–water partition coefficient (Wildman–Crippen LogP) is 7.14. The van der Waals surface area contributed by atoms with Crippen LogP contribution in [-0.2, 0) is 36.0 Å². The number of carboxylic acid groups (broad SMARTS) is 1. The second kappa shape index (κ2) is 15.5. The quantitative estimate of drug-likeness (QED) is 0.0990. The Morgan fingerprint density at radius 3 is 2.33 bits per heavy atom. The maximum atomic E-state index is 15.5. The number of likely N-dealkylation sites (tertiary alicyclic amines) is 1. The molecule has 2 aliphatic heterocycles. The molecular weight excluding hydrogens is 785 g/mol. The average Bonchev–Trinajstić information content (AvgIpc) is 3.58. The number of imide groups is 2. The highest BCUT2D eigenvalue weighted by molar-refractivity contribution is 6.36. The molecule has 0 radical (unpaired) electrons. The van der Waals surface area contributed by atoms with E-state index < -0.39 is 64.6 Å². The summed E-state index contributed by atoms with van der Waals surface area (Å²) in [4.78, 5) is 71.0. The molecule has 6 unspecified atom stereocenters. The summed E-state index contributed by atoms with van der Waals surface area (Å²) < 4.78 is 11.5. The van der Waals surface area contributed by atoms with E-state index in [0.717, 1.165) is 15.5 Å². The largest absolute Gasteiger partial charge is 0.508 e. The van der Waals surface area contributed by atoms with Crippen LogP contribution < -0.4 is 14.9 Å². The molecular formula is C44H39Cl2N3O9. The van der Waals surface area contributed by atoms with Crippen molar-refractivity contribution >= 4 is 58.5 Å². The Labute approximate surface area is 343 Å². The molecule has 4 aromatic carbocycles. The van der Waals surface area contributed by atoms with Gasteiger partial charge in [-0.1, -0.05) is 83.4 Å². The Hall–Kier alpha value is -5.85. The monoisotopic (exact) mass is 823 g/mol. The van der Waals surface area contributed by atoms with E-state index >= 15 is 4.79 Å². The van der Waals surface area contributed by atoms with Crippen LogP contribution in [0.4, 0.5) is 5.69 Å². The molecule has 0 bridgehead atoms. The summed E-state index contributed by atoms with van der Waals surface area (Å²) in [5.41, 5.74) is 3.89. The number of carbonyl (C=O) groups excluding carboxylic acids is 4. The zero-order chi connectivity index (χ0) is 40.9. The van der Waals surface area contributed by atoms with Gasteiger partial charge in [-0.15, -0.1) is 0 Å². The first-order valence-corrected chi connectivity index (χ1v) is 19.7. The van der Waals surface area contributed by atoms with Crippen LogP contribution in [0.5, 0.6) is 17.2 Å². The van der Waals surface area contributed by atoms with E-state index in [1.54, 1.807) is 48.5 Å². The van der Waals surface area contributed by atoms with Crippen LogP contribution >= 0.6 is 23.2 Å². The number of carboxylic acids is 1. The number of aromatic hydroxyl groups is 1. The normalized spacial score (nSPS) is 24.9. The van der Waals surface area contributed by atoms with Gasteiger partial charge >= 0.3 is 5.97 Å². The molecule has 0 spiro atoms. The van der Waals surface area contributed by atoms with Gasteiger partial charge in [0.1, 0.15) is 23.9 Å². The van der Waals surface area contributed by atoms with Crippen molar-refractivity contribution in [1.82, 2.24) is 9.91 Å². The Morgan fingerprint density at radius 1 is 0.897 bits per heavy atom. The third-order valence-corrected chi connectivity index (χ3v) is 12.6. The summed E-state index contributed by atoms with van der Waals surface area (Å²) in [7, 11) is 1.52. The van der Waals surface area contributed by atoms with Crippen LogP contribution in [-0.4, -0.2) is 63.4 Å². The number of hydrazine groups is 1. The minimum Gasteiger partial charge on any atom is -0.508 e. The Kier molecular flexibility index (Phi) is 10.4. The predicted molar refractivity (Wildman–Crippen MR) is 213 cm³/mol. The minimum absolute atomic E-state index is 0.0215. The molecule has 0 aromatic heterocycles. The second-order valence-corrected chi connectivity index (χ2v) is 15.9. The van der Waals surface area contributed by atoms with Gasteiger partial charge in [0, 0.05) is 35.5 Å². The Balaban J connectivity index is 1.28. The van der Waals surface area contributed by atoms with Crippen LogP contribution in [0.1, 0.15) is 48.3 Å². The average molecular weight is 825 g/mol. The van der Waals surface area contributed by atoms with E-state index in [0.29, 0.717) is 33.2 Å². The van der Waals surface area contributed by atoms with Gasteiger partial charge in [0.15, 0.2) is 0 Å². The van der Waals surface area contributed by atoms with Crippen LogP contribution in [0, 0.1) is 23.7 Å². The van der Waals surface area contributed by atoms with Crippen molar-refractivity contribution in [1.29, 1.82) is 0 Å². The minimum atomic E-state index is -1.68. The molecule has 3 N–H and O–H groups in total. The number of phenols is 1. The molecule has 58 heavy (non-hydrogen) atoms. The van der Waals surface area contributed by atoms with E-state index in [9.17, 15) is 29.4 Å². The van der Waals surface area contributed by atoms with E-state index in [2.05, 4.69) is 5.43 Å². The fourth-order valence-corrected chi connectivity index (χ4v) is 9.91. The molecule has 4 aromatic rings. The SMILES string of the molecule is COc1ccc(C23C(=O)N(Nc4ccc(Cl)cc4Cl)C(=O)C2CC2C(=CCC4C(=O)N(CCCC(=O)O)C(=O)C42)C3c2ccc(OCc3ccccc3)cc2O)cc1. The number of carbonyl (C=O) groups is 5. The molecule has 2 saturated heterocycles. The number of hydrogen-bond donors (Lipinski definition) is 3. The van der Waals surface area contributed by atoms with Crippen LogP contribution in [0.15, 0.2) is 103 Å². The zero-order valence-electron chi connectivity index (χ0n) is 31.3. The summed E-state index contributed by atoms with van der Waals surface area (Å²) in [6, 6.07) is 25.9. The number of amides is 4. The molecule has 2 heterocycles. The number of allylic oxidation sites excluding steroid dienone is 2. The standard InChI is InChI=1S/C44H39Cl2N3O9/c1-57-27-12-9-25(10-13-27)44-33(41(54)49(43(44)56)47-35-18-11-26(45)20-34(35)46)22-32-29(16-17-31-38(32)42(55)48(40(31)53)19-5-8-37(51)52)39(44)30-15-14-28(21-36(30)50)58-23-24-6-3-2-4-7-24/h2-4,6-7,9-16,18,20-21,31-33,38-39,47,50H,5,8,17,19,22-23H2,1H3,(H,51,52). The van der Waals surface area contributed by atoms with Crippen molar-refractivity contribution in [2.75, 3.05) is 19.1 Å². The first kappa shape index (κ1) is 39.0. The molecule has 298 valence electrons. The summed E-state index contributed by atoms with van der Waals surface area (Å²) in [6.07, 6.45) is 1.95. The second-order valence-electron chi connectivity index (χ2n) is 15.0. The molecule has 8 rings (SSSR count). The summed E-state index contributed by atoms with van der Waals surface area (Å²) >= 11 is 12.7. The Morgan fingerprint density at radius 2 is 1.64 bits per heavy atom. The lowest BCUT2D eigenvalue weighted by Crippen LogP contribution is -2.53. The van der Waals surface area contributed by atoms with E-state index in [1.165, 1.54) is 19.2 Å². The lowest BCUT2D eigenvalue weighted by atomic mass is 9.49. The molecule has 1 saturated carbocycles. The molecule has 6 atom stereocenters. The number of hydrogen-bond acceptors (Lipinski definition) is 9. The first-order chi connectivity index (χ1) is 27.9.